The SMILES string of the molecule is CCN1CCN(CCC(=O)Nc2ccc(C(C)C)cc2)CC1. The predicted octanol–water partition coefficient (Wildman–Crippen LogP) is 2.78. The second kappa shape index (κ2) is 8.30. The Labute approximate surface area is 134 Å². The van der Waals surface area contributed by atoms with E-state index in [-0.39, 0.29) is 5.91 Å². The number of benzene rings is 1. The van der Waals surface area contributed by atoms with E-state index in [0.29, 0.717) is 12.3 Å². The number of piperazine rings is 1. The molecule has 1 N–H and O–H groups in total. The number of anilines is 1. The van der Waals surface area contributed by atoms with Crippen molar-refractivity contribution in [3.63, 3.8) is 0 Å². The van der Waals surface area contributed by atoms with Gasteiger partial charge >= 0.3 is 0 Å². The summed E-state index contributed by atoms with van der Waals surface area (Å²) in [6, 6.07) is 8.16. The van der Waals surface area contributed by atoms with Crippen LogP contribution in [0.4, 0.5) is 5.69 Å². The Balaban J connectivity index is 1.71. The Hall–Kier alpha value is -1.39. The first-order chi connectivity index (χ1) is 10.6. The van der Waals surface area contributed by atoms with Gasteiger partial charge in [-0.15, -0.1) is 0 Å². The van der Waals surface area contributed by atoms with Crippen LogP contribution in [0.2, 0.25) is 0 Å². The smallest absolute Gasteiger partial charge is 0.225 e. The highest BCUT2D eigenvalue weighted by Crippen LogP contribution is 2.17. The van der Waals surface area contributed by atoms with Gasteiger partial charge in [-0.1, -0.05) is 32.9 Å². The summed E-state index contributed by atoms with van der Waals surface area (Å²) in [6.07, 6.45) is 0.568. The third-order valence-corrected chi connectivity index (χ3v) is 4.43. The molecule has 4 heteroatoms. The van der Waals surface area contributed by atoms with Gasteiger partial charge in [-0.3, -0.25) is 4.79 Å². The molecule has 0 spiro atoms. The highest BCUT2D eigenvalue weighted by atomic mass is 16.1. The molecule has 1 heterocycles. The van der Waals surface area contributed by atoms with Gasteiger partial charge in [-0.05, 0) is 30.2 Å². The zero-order valence-corrected chi connectivity index (χ0v) is 14.1. The lowest BCUT2D eigenvalue weighted by molar-refractivity contribution is -0.116. The Bertz CT molecular complexity index is 462. The molecule has 0 bridgehead atoms. The number of carbonyl (C=O) groups is 1. The van der Waals surface area contributed by atoms with Crippen molar-refractivity contribution >= 4 is 11.6 Å². The van der Waals surface area contributed by atoms with Crippen LogP contribution in [-0.4, -0.2) is 55.0 Å². The van der Waals surface area contributed by atoms with E-state index in [9.17, 15) is 4.79 Å². The topological polar surface area (TPSA) is 35.6 Å². The standard InChI is InChI=1S/C18H29N3O/c1-4-20-11-13-21(14-12-20)10-9-18(22)19-17-7-5-16(6-8-17)15(2)3/h5-8,15H,4,9-14H2,1-3H3,(H,19,22). The van der Waals surface area contributed by atoms with Crippen molar-refractivity contribution in [3.8, 4) is 0 Å². The minimum Gasteiger partial charge on any atom is -0.326 e. The fourth-order valence-corrected chi connectivity index (χ4v) is 2.76. The summed E-state index contributed by atoms with van der Waals surface area (Å²) in [4.78, 5) is 16.9. The Morgan fingerprint density at radius 2 is 1.68 bits per heavy atom. The number of hydrogen-bond donors (Lipinski definition) is 1. The first-order valence-electron chi connectivity index (χ1n) is 8.43. The maximum Gasteiger partial charge on any atom is 0.225 e. The molecule has 4 nitrogen and oxygen atoms in total. The van der Waals surface area contributed by atoms with Crippen molar-refractivity contribution in [3.05, 3.63) is 29.8 Å². The van der Waals surface area contributed by atoms with Gasteiger partial charge in [0.2, 0.25) is 5.91 Å². The molecule has 1 aliphatic heterocycles. The zero-order chi connectivity index (χ0) is 15.9. The van der Waals surface area contributed by atoms with Crippen LogP contribution in [0, 0.1) is 0 Å². The molecule has 0 aromatic heterocycles. The van der Waals surface area contributed by atoms with Gasteiger partial charge in [0.05, 0.1) is 0 Å². The summed E-state index contributed by atoms with van der Waals surface area (Å²) in [5, 5.41) is 2.99. The van der Waals surface area contributed by atoms with Crippen LogP contribution >= 0.6 is 0 Å². The maximum atomic E-state index is 12.0. The van der Waals surface area contributed by atoms with E-state index in [1.54, 1.807) is 0 Å². The van der Waals surface area contributed by atoms with Crippen LogP contribution in [0.25, 0.3) is 0 Å². The molecule has 1 saturated heterocycles. The molecule has 0 unspecified atom stereocenters. The first kappa shape index (κ1) is 17.0. The molecule has 0 radical (unpaired) electrons. The summed E-state index contributed by atoms with van der Waals surface area (Å²) in [7, 11) is 0. The summed E-state index contributed by atoms with van der Waals surface area (Å²) in [6.45, 7) is 12.9. The van der Waals surface area contributed by atoms with Gasteiger partial charge < -0.3 is 15.1 Å². The lowest BCUT2D eigenvalue weighted by Crippen LogP contribution is -2.46. The Morgan fingerprint density at radius 1 is 1.09 bits per heavy atom. The van der Waals surface area contributed by atoms with E-state index in [4.69, 9.17) is 0 Å². The summed E-state index contributed by atoms with van der Waals surface area (Å²) in [5.74, 6) is 0.627. The van der Waals surface area contributed by atoms with Crippen LogP contribution in [0.1, 0.15) is 38.7 Å². The van der Waals surface area contributed by atoms with E-state index >= 15 is 0 Å². The van der Waals surface area contributed by atoms with Gasteiger partial charge in [-0.2, -0.15) is 0 Å². The number of likely N-dealkylation sites (N-methyl/N-ethyl adjacent to an activating group) is 1. The Morgan fingerprint density at radius 3 is 2.23 bits per heavy atom. The van der Waals surface area contributed by atoms with Crippen LogP contribution in [0.15, 0.2) is 24.3 Å². The first-order valence-corrected chi connectivity index (χ1v) is 8.43. The Kier molecular flexibility index (Phi) is 6.40. The summed E-state index contributed by atoms with van der Waals surface area (Å²) < 4.78 is 0. The highest BCUT2D eigenvalue weighted by molar-refractivity contribution is 5.90. The van der Waals surface area contributed by atoms with Crippen LogP contribution in [0.3, 0.4) is 0 Å². The minimum absolute atomic E-state index is 0.107. The fraction of sp³-hybridized carbons (Fsp3) is 0.611. The highest BCUT2D eigenvalue weighted by Gasteiger charge is 2.16. The molecular formula is C18H29N3O. The monoisotopic (exact) mass is 303 g/mol. The fourth-order valence-electron chi connectivity index (χ4n) is 2.76. The predicted molar refractivity (Wildman–Crippen MR) is 92.3 cm³/mol. The second-order valence-corrected chi connectivity index (χ2v) is 6.35. The maximum absolute atomic E-state index is 12.0. The van der Waals surface area contributed by atoms with Crippen LogP contribution in [-0.2, 0) is 4.79 Å². The van der Waals surface area contributed by atoms with Gasteiger partial charge in [0.1, 0.15) is 0 Å². The second-order valence-electron chi connectivity index (χ2n) is 6.35. The third-order valence-electron chi connectivity index (χ3n) is 4.43. The zero-order valence-electron chi connectivity index (χ0n) is 14.1. The third kappa shape index (κ3) is 5.11. The van der Waals surface area contributed by atoms with E-state index in [1.165, 1.54) is 5.56 Å². The number of nitrogens with one attached hydrogen (secondary N) is 1. The van der Waals surface area contributed by atoms with Crippen molar-refractivity contribution in [1.29, 1.82) is 0 Å². The molecule has 1 amide bonds. The lowest BCUT2D eigenvalue weighted by Gasteiger charge is -2.33. The molecule has 0 atom stereocenters. The molecule has 1 aromatic carbocycles. The molecule has 0 aliphatic carbocycles. The average molecular weight is 303 g/mol. The molecule has 2 rings (SSSR count). The molecule has 0 saturated carbocycles. The molecule has 122 valence electrons. The van der Waals surface area contributed by atoms with Gasteiger partial charge in [0, 0.05) is 44.8 Å². The number of nitrogens with zero attached hydrogens (tertiary/aromatic N) is 2. The molecule has 1 aliphatic rings. The number of hydrogen-bond acceptors (Lipinski definition) is 3. The number of carbonyl (C=O) groups excluding carboxylic acids is 1. The van der Waals surface area contributed by atoms with Gasteiger partial charge in [0.15, 0.2) is 0 Å². The largest absolute Gasteiger partial charge is 0.326 e. The van der Waals surface area contributed by atoms with Crippen molar-refractivity contribution in [2.45, 2.75) is 33.1 Å². The molecular weight excluding hydrogens is 274 g/mol. The van der Waals surface area contributed by atoms with Crippen molar-refractivity contribution < 1.29 is 4.79 Å². The van der Waals surface area contributed by atoms with E-state index in [2.05, 4.69) is 48.0 Å². The van der Waals surface area contributed by atoms with Crippen LogP contribution < -0.4 is 5.32 Å². The quantitative estimate of drug-likeness (QED) is 0.878. The summed E-state index contributed by atoms with van der Waals surface area (Å²) >= 11 is 0. The van der Waals surface area contributed by atoms with Crippen molar-refractivity contribution in [1.82, 2.24) is 9.80 Å². The van der Waals surface area contributed by atoms with E-state index in [0.717, 1.165) is 45.0 Å². The average Bonchev–Trinajstić information content (AvgIpc) is 2.54. The van der Waals surface area contributed by atoms with E-state index in [1.807, 2.05) is 12.1 Å². The molecule has 1 fully saturated rings. The lowest BCUT2D eigenvalue weighted by atomic mass is 10.0. The molecule has 22 heavy (non-hydrogen) atoms. The van der Waals surface area contributed by atoms with Gasteiger partial charge in [-0.25, -0.2) is 0 Å². The minimum atomic E-state index is 0.107. The normalized spacial score (nSPS) is 16.9. The van der Waals surface area contributed by atoms with E-state index < -0.39 is 0 Å². The summed E-state index contributed by atoms with van der Waals surface area (Å²) in [5.41, 5.74) is 2.19. The van der Waals surface area contributed by atoms with Crippen molar-refractivity contribution in [2.24, 2.45) is 0 Å². The molecule has 1 aromatic rings. The number of rotatable bonds is 6. The van der Waals surface area contributed by atoms with Crippen LogP contribution in [0.5, 0.6) is 0 Å². The van der Waals surface area contributed by atoms with Gasteiger partial charge in [0.25, 0.3) is 0 Å². The number of amides is 1. The van der Waals surface area contributed by atoms with Crippen molar-refractivity contribution in [2.75, 3.05) is 44.6 Å².